The van der Waals surface area contributed by atoms with E-state index in [1.807, 2.05) is 0 Å². The topological polar surface area (TPSA) is 139 Å². The molecule has 0 saturated heterocycles. The van der Waals surface area contributed by atoms with Gasteiger partial charge in [-0.2, -0.15) is 0 Å². The highest BCUT2D eigenvalue weighted by atomic mass is 32.2. The molecule has 0 aliphatic heterocycles. The molecule has 3 aromatic carbocycles. The zero-order valence-electron chi connectivity index (χ0n) is 23.7. The molecular formula is C29H33FN4O7S. The molecule has 2 amide bonds. The first kappa shape index (κ1) is 32.0. The van der Waals surface area contributed by atoms with Crippen LogP contribution in [-0.4, -0.2) is 62.0 Å². The Balaban J connectivity index is 2.14. The minimum Gasteiger partial charge on any atom is -0.495 e. The van der Waals surface area contributed by atoms with Crippen LogP contribution in [0.5, 0.6) is 5.75 Å². The van der Waals surface area contributed by atoms with Crippen LogP contribution in [0.2, 0.25) is 0 Å². The molecule has 42 heavy (non-hydrogen) atoms. The summed E-state index contributed by atoms with van der Waals surface area (Å²) in [5, 5.41) is 14.3. The number of carbonyl (C=O) groups excluding carboxylic acids is 2. The maximum atomic E-state index is 14.8. The standard InChI is InChI=1S/C29H33FN4O7S/c1-20(2)31-29(36)26(16-21-10-6-5-7-11-21)32(18-22-12-8-9-13-24(22)30)28(35)19-33(42(4,39)40)25-17-23(34(37)38)14-15-27(25)41-3/h5-15,17,20,26H,16,18-19H2,1-4H3,(H,31,36)/t26-/m1/s1. The molecule has 0 spiro atoms. The van der Waals surface area contributed by atoms with Gasteiger partial charge in [-0.3, -0.25) is 24.0 Å². The number of amides is 2. The Kier molecular flexibility index (Phi) is 10.6. The van der Waals surface area contributed by atoms with Gasteiger partial charge in [-0.25, -0.2) is 12.8 Å². The summed E-state index contributed by atoms with van der Waals surface area (Å²) < 4.78 is 46.7. The van der Waals surface area contributed by atoms with E-state index in [0.717, 1.165) is 23.3 Å². The summed E-state index contributed by atoms with van der Waals surface area (Å²) >= 11 is 0. The van der Waals surface area contributed by atoms with Gasteiger partial charge >= 0.3 is 0 Å². The summed E-state index contributed by atoms with van der Waals surface area (Å²) in [4.78, 5) is 39.5. The van der Waals surface area contributed by atoms with Gasteiger partial charge in [0.15, 0.2) is 0 Å². The Bertz CT molecular complexity index is 1530. The van der Waals surface area contributed by atoms with E-state index in [-0.39, 0.29) is 36.0 Å². The molecule has 0 fully saturated rings. The Labute approximate surface area is 244 Å². The third kappa shape index (κ3) is 8.26. The molecule has 224 valence electrons. The number of non-ortho nitro benzene ring substituents is 1. The maximum absolute atomic E-state index is 14.8. The summed E-state index contributed by atoms with van der Waals surface area (Å²) in [5.41, 5.74) is 0.168. The van der Waals surface area contributed by atoms with Crippen molar-refractivity contribution in [3.05, 3.63) is 99.9 Å². The van der Waals surface area contributed by atoms with Gasteiger partial charge < -0.3 is 15.0 Å². The molecule has 0 aliphatic rings. The van der Waals surface area contributed by atoms with E-state index in [1.165, 1.54) is 31.4 Å². The number of hydrogen-bond donors (Lipinski definition) is 1. The quantitative estimate of drug-likeness (QED) is 0.233. The minimum atomic E-state index is -4.22. The monoisotopic (exact) mass is 600 g/mol. The summed E-state index contributed by atoms with van der Waals surface area (Å²) in [6, 6.07) is 16.5. The fourth-order valence-electron chi connectivity index (χ4n) is 4.33. The van der Waals surface area contributed by atoms with Crippen molar-refractivity contribution < 1.29 is 32.1 Å². The van der Waals surface area contributed by atoms with Gasteiger partial charge in [0.1, 0.15) is 29.8 Å². The molecule has 0 aromatic heterocycles. The van der Waals surface area contributed by atoms with Crippen molar-refractivity contribution in [3.63, 3.8) is 0 Å². The lowest BCUT2D eigenvalue weighted by atomic mass is 10.0. The zero-order chi connectivity index (χ0) is 31.0. The second-order valence-corrected chi connectivity index (χ2v) is 11.8. The molecule has 3 aromatic rings. The van der Waals surface area contributed by atoms with Crippen LogP contribution in [0.4, 0.5) is 15.8 Å². The van der Waals surface area contributed by atoms with E-state index >= 15 is 0 Å². The number of rotatable bonds is 13. The van der Waals surface area contributed by atoms with Crippen molar-refractivity contribution in [1.29, 1.82) is 0 Å². The van der Waals surface area contributed by atoms with Crippen LogP contribution in [0.1, 0.15) is 25.0 Å². The smallest absolute Gasteiger partial charge is 0.271 e. The number of benzene rings is 3. The highest BCUT2D eigenvalue weighted by Crippen LogP contribution is 2.34. The van der Waals surface area contributed by atoms with E-state index in [9.17, 15) is 32.5 Å². The maximum Gasteiger partial charge on any atom is 0.271 e. The lowest BCUT2D eigenvalue weighted by Crippen LogP contribution is -2.54. The van der Waals surface area contributed by atoms with Crippen molar-refractivity contribution in [2.24, 2.45) is 0 Å². The predicted octanol–water partition coefficient (Wildman–Crippen LogP) is 3.67. The fourth-order valence-corrected chi connectivity index (χ4v) is 5.17. The summed E-state index contributed by atoms with van der Waals surface area (Å²) in [7, 11) is -2.96. The third-order valence-electron chi connectivity index (χ3n) is 6.32. The Hall–Kier alpha value is -4.52. The number of hydrogen-bond acceptors (Lipinski definition) is 7. The van der Waals surface area contributed by atoms with E-state index in [0.29, 0.717) is 9.87 Å². The average Bonchev–Trinajstić information content (AvgIpc) is 2.93. The van der Waals surface area contributed by atoms with Crippen molar-refractivity contribution in [2.45, 2.75) is 38.9 Å². The first-order chi connectivity index (χ1) is 19.8. The van der Waals surface area contributed by atoms with Gasteiger partial charge in [0.05, 0.1) is 18.3 Å². The molecule has 3 rings (SSSR count). The number of nitrogens with zero attached hydrogens (tertiary/aromatic N) is 3. The minimum absolute atomic E-state index is 0.0298. The lowest BCUT2D eigenvalue weighted by Gasteiger charge is -2.34. The molecule has 0 aliphatic carbocycles. The Morgan fingerprint density at radius 1 is 1.05 bits per heavy atom. The second-order valence-electron chi connectivity index (χ2n) is 9.86. The van der Waals surface area contributed by atoms with E-state index < -0.39 is 50.9 Å². The largest absolute Gasteiger partial charge is 0.495 e. The van der Waals surface area contributed by atoms with E-state index in [1.54, 1.807) is 50.2 Å². The molecule has 1 N–H and O–H groups in total. The molecule has 0 heterocycles. The van der Waals surface area contributed by atoms with Gasteiger partial charge in [0.25, 0.3) is 5.69 Å². The number of nitrogens with one attached hydrogen (secondary N) is 1. The molecule has 0 bridgehead atoms. The summed E-state index contributed by atoms with van der Waals surface area (Å²) in [6.45, 7) is 2.31. The molecular weight excluding hydrogens is 567 g/mol. The zero-order valence-corrected chi connectivity index (χ0v) is 24.5. The molecule has 11 nitrogen and oxygen atoms in total. The van der Waals surface area contributed by atoms with E-state index in [4.69, 9.17) is 4.74 Å². The number of ether oxygens (including phenoxy) is 1. The SMILES string of the molecule is COc1ccc([N+](=O)[O-])cc1N(CC(=O)N(Cc1ccccc1F)[C@H](Cc1ccccc1)C(=O)NC(C)C)S(C)(=O)=O. The van der Waals surface area contributed by atoms with Crippen LogP contribution in [-0.2, 0) is 32.6 Å². The van der Waals surface area contributed by atoms with Gasteiger partial charge in [-0.05, 0) is 31.5 Å². The van der Waals surface area contributed by atoms with Crippen molar-refractivity contribution in [1.82, 2.24) is 10.2 Å². The Morgan fingerprint density at radius 2 is 1.69 bits per heavy atom. The van der Waals surface area contributed by atoms with Crippen LogP contribution in [0.15, 0.2) is 72.8 Å². The fraction of sp³-hybridized carbons (Fsp3) is 0.310. The Morgan fingerprint density at radius 3 is 2.26 bits per heavy atom. The first-order valence-electron chi connectivity index (χ1n) is 13.0. The highest BCUT2D eigenvalue weighted by molar-refractivity contribution is 7.92. The van der Waals surface area contributed by atoms with Crippen LogP contribution in [0.25, 0.3) is 0 Å². The van der Waals surface area contributed by atoms with Crippen LogP contribution in [0, 0.1) is 15.9 Å². The number of sulfonamides is 1. The second kappa shape index (κ2) is 13.9. The van der Waals surface area contributed by atoms with Crippen LogP contribution < -0.4 is 14.4 Å². The number of halogens is 1. The van der Waals surface area contributed by atoms with Gasteiger partial charge in [0.2, 0.25) is 21.8 Å². The number of methoxy groups -OCH3 is 1. The van der Waals surface area contributed by atoms with Crippen molar-refractivity contribution in [2.75, 3.05) is 24.2 Å². The van der Waals surface area contributed by atoms with Crippen molar-refractivity contribution in [3.8, 4) is 5.75 Å². The predicted molar refractivity (Wildman–Crippen MR) is 156 cm³/mol. The van der Waals surface area contributed by atoms with Crippen molar-refractivity contribution >= 4 is 33.2 Å². The van der Waals surface area contributed by atoms with Gasteiger partial charge in [-0.15, -0.1) is 0 Å². The number of nitro groups is 1. The third-order valence-corrected chi connectivity index (χ3v) is 7.45. The number of anilines is 1. The first-order valence-corrected chi connectivity index (χ1v) is 14.8. The lowest BCUT2D eigenvalue weighted by molar-refractivity contribution is -0.384. The molecule has 0 unspecified atom stereocenters. The van der Waals surface area contributed by atoms with Crippen LogP contribution in [0.3, 0.4) is 0 Å². The van der Waals surface area contributed by atoms with Gasteiger partial charge in [-0.1, -0.05) is 48.5 Å². The average molecular weight is 601 g/mol. The van der Waals surface area contributed by atoms with E-state index in [2.05, 4.69) is 5.32 Å². The van der Waals surface area contributed by atoms with Gasteiger partial charge in [0, 0.05) is 36.7 Å². The number of carbonyl (C=O) groups is 2. The molecule has 0 radical (unpaired) electrons. The van der Waals surface area contributed by atoms with Crippen LogP contribution >= 0.6 is 0 Å². The normalized spacial score (nSPS) is 12.0. The molecule has 0 saturated carbocycles. The summed E-state index contributed by atoms with van der Waals surface area (Å²) in [6.07, 6.45) is 0.894. The number of nitro benzene ring substituents is 1. The molecule has 13 heteroatoms. The highest BCUT2D eigenvalue weighted by Gasteiger charge is 2.34. The summed E-state index contributed by atoms with van der Waals surface area (Å²) in [5.74, 6) is -1.99. The molecule has 1 atom stereocenters.